The summed E-state index contributed by atoms with van der Waals surface area (Å²) in [7, 11) is 0. The highest BCUT2D eigenvalue weighted by Gasteiger charge is 2.56. The maximum absolute atomic E-state index is 13.9. The van der Waals surface area contributed by atoms with Gasteiger partial charge in [-0.1, -0.05) is 0 Å². The molecule has 3 N–H and O–H groups in total. The normalized spacial score (nSPS) is 22.7. The van der Waals surface area contributed by atoms with E-state index in [1.165, 1.54) is 19.9 Å². The number of Topliss-reactive ketones (excluding diaryl/α,β-unsaturated/α-hetero) is 2. The van der Waals surface area contributed by atoms with E-state index in [1.54, 1.807) is 32.3 Å². The molecule has 37 heavy (non-hydrogen) atoms. The van der Waals surface area contributed by atoms with E-state index in [2.05, 4.69) is 20.2 Å². The van der Waals surface area contributed by atoms with Crippen molar-refractivity contribution < 1.29 is 29.3 Å². The summed E-state index contributed by atoms with van der Waals surface area (Å²) in [5.74, 6) is -1.69. The van der Waals surface area contributed by atoms with Gasteiger partial charge in [0.15, 0.2) is 17.3 Å². The van der Waals surface area contributed by atoms with Gasteiger partial charge in [-0.3, -0.25) is 14.4 Å². The van der Waals surface area contributed by atoms with Crippen LogP contribution in [0.5, 0.6) is 17.2 Å². The van der Waals surface area contributed by atoms with Crippen LogP contribution in [0.2, 0.25) is 0 Å². The van der Waals surface area contributed by atoms with Crippen molar-refractivity contribution in [2.24, 2.45) is 0 Å². The minimum Gasteiger partial charge on any atom is -0.507 e. The lowest BCUT2D eigenvalue weighted by Crippen LogP contribution is -2.45. The van der Waals surface area contributed by atoms with Crippen molar-refractivity contribution in [2.45, 2.75) is 52.0 Å². The number of allylic oxidation sites excluding steroid dienone is 4. The molecule has 3 aliphatic rings. The molecule has 1 saturated heterocycles. The Labute approximate surface area is 213 Å². The zero-order valence-electron chi connectivity index (χ0n) is 21.1. The highest BCUT2D eigenvalue weighted by molar-refractivity contribution is 6.31. The molecule has 10 nitrogen and oxygen atoms in total. The van der Waals surface area contributed by atoms with Crippen LogP contribution in [0.3, 0.4) is 0 Å². The highest BCUT2D eigenvalue weighted by atomic mass is 16.5. The molecule has 0 amide bonds. The molecule has 2 aromatic rings. The first-order valence-corrected chi connectivity index (χ1v) is 12.1. The van der Waals surface area contributed by atoms with Crippen LogP contribution in [0.15, 0.2) is 41.6 Å². The molecule has 0 saturated carbocycles. The number of aromatic nitrogens is 2. The quantitative estimate of drug-likeness (QED) is 0.323. The second kappa shape index (κ2) is 8.72. The number of phenolic OH excluding ortho intramolecular Hbond substituents is 2. The zero-order valence-corrected chi connectivity index (χ0v) is 21.1. The Morgan fingerprint density at radius 1 is 1.14 bits per heavy atom. The number of hydrogen-bond donors (Lipinski definition) is 3. The highest BCUT2D eigenvalue weighted by Crippen LogP contribution is 2.57. The third kappa shape index (κ3) is 3.66. The number of nitrogens with one attached hydrogen (secondary N) is 1. The SMILES string of the molecule is CC(=O)c1c(O)c(C)c(O)c2c1OC1=CC(=O)C(=C(C)NC3CCN(c4ncccn4)CC3)C(=O)[C@@]12C. The number of benzene rings is 1. The van der Waals surface area contributed by atoms with Gasteiger partial charge in [-0.15, -0.1) is 0 Å². The smallest absolute Gasteiger partial charge is 0.225 e. The predicted molar refractivity (Wildman–Crippen MR) is 134 cm³/mol. The number of carbonyl (C=O) groups excluding carboxylic acids is 3. The molecular weight excluding hydrogens is 476 g/mol. The van der Waals surface area contributed by atoms with Crippen molar-refractivity contribution in [1.29, 1.82) is 0 Å². The zero-order chi connectivity index (χ0) is 26.6. The molecule has 0 unspecified atom stereocenters. The van der Waals surface area contributed by atoms with Crippen LogP contribution in [0.4, 0.5) is 5.95 Å². The molecular formula is C27H28N4O6. The molecule has 5 rings (SSSR count). The van der Waals surface area contributed by atoms with Crippen molar-refractivity contribution in [1.82, 2.24) is 15.3 Å². The number of piperidine rings is 1. The van der Waals surface area contributed by atoms with E-state index >= 15 is 0 Å². The topological polar surface area (TPSA) is 142 Å². The van der Waals surface area contributed by atoms with Crippen molar-refractivity contribution in [3.63, 3.8) is 0 Å². The number of ketones is 3. The Bertz CT molecular complexity index is 1410. The lowest BCUT2D eigenvalue weighted by molar-refractivity contribution is -0.123. The van der Waals surface area contributed by atoms with Gasteiger partial charge in [0.25, 0.3) is 0 Å². The molecule has 1 aromatic carbocycles. The fraction of sp³-hybridized carbons (Fsp3) is 0.370. The molecule has 2 aliphatic heterocycles. The maximum atomic E-state index is 13.9. The number of anilines is 1. The van der Waals surface area contributed by atoms with Gasteiger partial charge >= 0.3 is 0 Å². The number of ether oxygens (including phenoxy) is 1. The summed E-state index contributed by atoms with van der Waals surface area (Å²) in [6.07, 6.45) is 6.16. The van der Waals surface area contributed by atoms with Crippen molar-refractivity contribution in [2.75, 3.05) is 18.0 Å². The predicted octanol–water partition coefficient (Wildman–Crippen LogP) is 2.62. The minimum atomic E-state index is -1.53. The average Bonchev–Trinajstić information content (AvgIpc) is 3.16. The van der Waals surface area contributed by atoms with Crippen LogP contribution < -0.4 is 15.0 Å². The number of nitrogens with zero attached hydrogens (tertiary/aromatic N) is 3. The maximum Gasteiger partial charge on any atom is 0.225 e. The molecule has 192 valence electrons. The first-order chi connectivity index (χ1) is 17.6. The van der Waals surface area contributed by atoms with E-state index < -0.39 is 28.5 Å². The summed E-state index contributed by atoms with van der Waals surface area (Å²) in [4.78, 5) is 50.1. The summed E-state index contributed by atoms with van der Waals surface area (Å²) >= 11 is 0. The molecule has 0 bridgehead atoms. The van der Waals surface area contributed by atoms with Gasteiger partial charge in [0.05, 0.1) is 11.1 Å². The van der Waals surface area contributed by atoms with Crippen LogP contribution in [0, 0.1) is 6.92 Å². The van der Waals surface area contributed by atoms with Crippen LogP contribution >= 0.6 is 0 Å². The van der Waals surface area contributed by atoms with E-state index in [-0.39, 0.29) is 45.6 Å². The Morgan fingerprint density at radius 2 is 1.78 bits per heavy atom. The Hall–Kier alpha value is -4.21. The lowest BCUT2D eigenvalue weighted by Gasteiger charge is -2.34. The summed E-state index contributed by atoms with van der Waals surface area (Å²) < 4.78 is 5.81. The van der Waals surface area contributed by atoms with E-state index in [1.807, 2.05) is 0 Å². The number of fused-ring (bicyclic) bond motifs is 3. The first-order valence-electron chi connectivity index (χ1n) is 12.1. The van der Waals surface area contributed by atoms with E-state index in [4.69, 9.17) is 4.74 Å². The summed E-state index contributed by atoms with van der Waals surface area (Å²) in [5, 5.41) is 24.8. The first kappa shape index (κ1) is 24.5. The number of phenols is 2. The Balaban J connectivity index is 1.46. The minimum absolute atomic E-state index is 0.0213. The van der Waals surface area contributed by atoms with Crippen molar-refractivity contribution >= 4 is 23.3 Å². The van der Waals surface area contributed by atoms with Gasteiger partial charge in [0.2, 0.25) is 5.95 Å². The number of hydrogen-bond acceptors (Lipinski definition) is 10. The van der Waals surface area contributed by atoms with Crippen LogP contribution in [0.25, 0.3) is 0 Å². The monoisotopic (exact) mass is 504 g/mol. The number of carbonyl (C=O) groups is 3. The van der Waals surface area contributed by atoms with Gasteiger partial charge < -0.3 is 25.2 Å². The van der Waals surface area contributed by atoms with Crippen LogP contribution in [-0.2, 0) is 15.0 Å². The third-order valence-corrected chi connectivity index (χ3v) is 7.51. The summed E-state index contributed by atoms with van der Waals surface area (Å²) in [5.41, 5.74) is -1.09. The Morgan fingerprint density at radius 3 is 2.41 bits per heavy atom. The lowest BCUT2D eigenvalue weighted by atomic mass is 9.70. The fourth-order valence-electron chi connectivity index (χ4n) is 5.42. The van der Waals surface area contributed by atoms with Gasteiger partial charge in [0, 0.05) is 48.9 Å². The molecule has 0 radical (unpaired) electrons. The van der Waals surface area contributed by atoms with Crippen LogP contribution in [-0.4, -0.2) is 56.7 Å². The largest absolute Gasteiger partial charge is 0.507 e. The van der Waals surface area contributed by atoms with E-state index in [0.29, 0.717) is 11.6 Å². The van der Waals surface area contributed by atoms with Crippen LogP contribution in [0.1, 0.15) is 55.1 Å². The number of aromatic hydroxyl groups is 2. The van der Waals surface area contributed by atoms with Crippen molar-refractivity contribution in [3.05, 3.63) is 58.3 Å². The molecule has 0 spiro atoms. The molecule has 1 aliphatic carbocycles. The number of rotatable bonds is 4. The molecule has 3 heterocycles. The molecule has 1 atom stereocenters. The third-order valence-electron chi connectivity index (χ3n) is 7.51. The molecule has 1 aromatic heterocycles. The summed E-state index contributed by atoms with van der Waals surface area (Å²) in [6.45, 7) is 7.41. The second-order valence-electron chi connectivity index (χ2n) is 9.84. The van der Waals surface area contributed by atoms with E-state index in [9.17, 15) is 24.6 Å². The van der Waals surface area contributed by atoms with E-state index in [0.717, 1.165) is 25.9 Å². The fourth-order valence-corrected chi connectivity index (χ4v) is 5.42. The summed E-state index contributed by atoms with van der Waals surface area (Å²) in [6, 6.07) is 1.81. The Kier molecular flexibility index (Phi) is 5.77. The second-order valence-corrected chi connectivity index (χ2v) is 9.84. The average molecular weight is 505 g/mol. The van der Waals surface area contributed by atoms with Gasteiger partial charge in [-0.25, -0.2) is 9.97 Å². The van der Waals surface area contributed by atoms with Crippen molar-refractivity contribution in [3.8, 4) is 17.2 Å². The van der Waals surface area contributed by atoms with Gasteiger partial charge in [-0.2, -0.15) is 0 Å². The standard InChI is InChI=1S/C27H28N4O6/c1-13-22(34)20(15(3)32)24-21(23(13)35)27(4)18(37-24)12-17(33)19(25(27)36)14(2)30-16-6-10-31(11-7-16)26-28-8-5-9-29-26/h5,8-9,12,16,30,34-35H,6-7,10-11H2,1-4H3/t27-/m0/s1. The molecule has 1 fully saturated rings. The molecule has 10 heteroatoms. The van der Waals surface area contributed by atoms with Gasteiger partial charge in [-0.05, 0) is 46.6 Å². The van der Waals surface area contributed by atoms with Gasteiger partial charge in [0.1, 0.15) is 34.0 Å².